The van der Waals surface area contributed by atoms with E-state index in [1.807, 2.05) is 18.7 Å². The van der Waals surface area contributed by atoms with E-state index in [0.29, 0.717) is 5.69 Å². The Morgan fingerprint density at radius 3 is 2.29 bits per heavy atom. The third kappa shape index (κ3) is 4.24. The molecule has 0 saturated carbocycles. The summed E-state index contributed by atoms with van der Waals surface area (Å²) < 4.78 is 10.8. The number of benzene rings is 1. The molecule has 0 atom stereocenters. The Bertz CT molecular complexity index is 395. The van der Waals surface area contributed by atoms with Gasteiger partial charge in [-0.05, 0) is 36.7 Å². The van der Waals surface area contributed by atoms with Gasteiger partial charge in [0, 0.05) is 14.2 Å². The van der Waals surface area contributed by atoms with Crippen LogP contribution in [0.4, 0.5) is 5.69 Å². The number of hydrogen-bond acceptors (Lipinski definition) is 4. The quantitative estimate of drug-likeness (QED) is 0.443. The van der Waals surface area contributed by atoms with Crippen LogP contribution in [-0.2, 0) is 20.1 Å². The summed E-state index contributed by atoms with van der Waals surface area (Å²) >= 11 is 0. The zero-order valence-electron chi connectivity index (χ0n) is 10.4. The maximum absolute atomic E-state index is 10.1. The van der Waals surface area contributed by atoms with E-state index in [4.69, 9.17) is 8.85 Å². The van der Waals surface area contributed by atoms with Crippen LogP contribution in [0, 0.1) is 0 Å². The van der Waals surface area contributed by atoms with Crippen molar-refractivity contribution in [3.63, 3.8) is 0 Å². The highest BCUT2D eigenvalue weighted by Gasteiger charge is 2.27. The van der Waals surface area contributed by atoms with Crippen molar-refractivity contribution in [1.29, 1.82) is 0 Å². The van der Waals surface area contributed by atoms with Gasteiger partial charge in [0.15, 0.2) is 0 Å². The van der Waals surface area contributed by atoms with Gasteiger partial charge in [-0.15, -0.1) is 0 Å². The third-order valence-electron chi connectivity index (χ3n) is 2.84. The molecular formula is C12H17NO3Si. The molecule has 1 aromatic carbocycles. The van der Waals surface area contributed by atoms with Gasteiger partial charge in [0.2, 0.25) is 6.08 Å². The molecular weight excluding hydrogens is 234 g/mol. The smallest absolute Gasteiger partial charge is 0.334 e. The van der Waals surface area contributed by atoms with Crippen LogP contribution < -0.4 is 0 Å². The standard InChI is InChI=1S/C12H17NO3Si/c1-15-17(3,16-2)9-8-11-4-6-12(7-5-11)13-10-14/h4-7H,8-9H2,1-3H3. The van der Waals surface area contributed by atoms with E-state index in [-0.39, 0.29) is 0 Å². The maximum Gasteiger partial charge on any atom is 0.334 e. The zero-order valence-corrected chi connectivity index (χ0v) is 11.4. The lowest BCUT2D eigenvalue weighted by atomic mass is 10.1. The molecule has 0 aliphatic heterocycles. The fourth-order valence-corrected chi connectivity index (χ4v) is 2.77. The predicted molar refractivity (Wildman–Crippen MR) is 68.4 cm³/mol. The third-order valence-corrected chi connectivity index (χ3v) is 5.73. The summed E-state index contributed by atoms with van der Waals surface area (Å²) in [6.07, 6.45) is 2.42. The minimum atomic E-state index is -1.99. The average molecular weight is 251 g/mol. The molecule has 0 spiro atoms. The summed E-state index contributed by atoms with van der Waals surface area (Å²) in [6.45, 7) is 2.04. The number of nitrogens with zero attached hydrogens (tertiary/aromatic N) is 1. The van der Waals surface area contributed by atoms with Crippen molar-refractivity contribution in [3.05, 3.63) is 29.8 Å². The van der Waals surface area contributed by atoms with Crippen LogP contribution in [0.5, 0.6) is 0 Å². The lowest BCUT2D eigenvalue weighted by molar-refractivity contribution is 0.249. The van der Waals surface area contributed by atoms with Gasteiger partial charge >= 0.3 is 8.56 Å². The van der Waals surface area contributed by atoms with Crippen LogP contribution in [0.1, 0.15) is 5.56 Å². The highest BCUT2D eigenvalue weighted by Crippen LogP contribution is 2.18. The fourth-order valence-electron chi connectivity index (χ4n) is 1.45. The van der Waals surface area contributed by atoms with Crippen LogP contribution >= 0.6 is 0 Å². The molecule has 0 amide bonds. The second-order valence-electron chi connectivity index (χ2n) is 3.91. The summed E-state index contributed by atoms with van der Waals surface area (Å²) in [5.74, 6) is 0. The van der Waals surface area contributed by atoms with E-state index in [1.165, 1.54) is 11.6 Å². The number of aryl methyl sites for hydroxylation is 1. The summed E-state index contributed by atoms with van der Waals surface area (Å²) in [5.41, 5.74) is 1.81. The van der Waals surface area contributed by atoms with Crippen LogP contribution in [-0.4, -0.2) is 28.9 Å². The number of carbonyl (C=O) groups excluding carboxylic acids is 1. The molecule has 0 unspecified atom stereocenters. The average Bonchev–Trinajstić information content (AvgIpc) is 2.38. The fraction of sp³-hybridized carbons (Fsp3) is 0.417. The van der Waals surface area contributed by atoms with Gasteiger partial charge in [-0.2, -0.15) is 4.99 Å². The Labute approximate surface area is 103 Å². The van der Waals surface area contributed by atoms with Crippen molar-refractivity contribution in [1.82, 2.24) is 0 Å². The molecule has 0 saturated heterocycles. The highest BCUT2D eigenvalue weighted by molar-refractivity contribution is 6.65. The first-order valence-electron chi connectivity index (χ1n) is 5.40. The summed E-state index contributed by atoms with van der Waals surface area (Å²) in [5, 5.41) is 0. The number of hydrogen-bond donors (Lipinski definition) is 0. The van der Waals surface area contributed by atoms with Crippen molar-refractivity contribution in [2.24, 2.45) is 4.99 Å². The topological polar surface area (TPSA) is 47.9 Å². The molecule has 0 N–H and O–H groups in total. The van der Waals surface area contributed by atoms with Crippen molar-refractivity contribution < 1.29 is 13.6 Å². The predicted octanol–water partition coefficient (Wildman–Crippen LogP) is 2.56. The molecule has 1 rings (SSSR count). The normalized spacial score (nSPS) is 11.0. The van der Waals surface area contributed by atoms with Gasteiger partial charge in [0.05, 0.1) is 5.69 Å². The molecule has 0 heterocycles. The van der Waals surface area contributed by atoms with Crippen LogP contribution in [0.3, 0.4) is 0 Å². The first-order chi connectivity index (χ1) is 8.13. The largest absolute Gasteiger partial charge is 0.398 e. The maximum atomic E-state index is 10.1. The minimum Gasteiger partial charge on any atom is -0.398 e. The Balaban J connectivity index is 2.61. The van der Waals surface area contributed by atoms with E-state index < -0.39 is 8.56 Å². The molecule has 0 radical (unpaired) electrons. The molecule has 17 heavy (non-hydrogen) atoms. The van der Waals surface area contributed by atoms with Gasteiger partial charge < -0.3 is 8.85 Å². The highest BCUT2D eigenvalue weighted by atomic mass is 28.4. The number of rotatable bonds is 6. The van der Waals surface area contributed by atoms with Gasteiger partial charge in [0.25, 0.3) is 0 Å². The SMILES string of the molecule is CO[Si](C)(CCc1ccc(N=C=O)cc1)OC. The van der Waals surface area contributed by atoms with E-state index in [9.17, 15) is 4.79 Å². The Hall–Kier alpha value is -1.26. The lowest BCUT2D eigenvalue weighted by Gasteiger charge is -2.22. The number of isocyanates is 1. The van der Waals surface area contributed by atoms with Crippen molar-refractivity contribution in [2.75, 3.05) is 14.2 Å². The summed E-state index contributed by atoms with van der Waals surface area (Å²) in [7, 11) is 1.39. The Morgan fingerprint density at radius 2 is 1.82 bits per heavy atom. The molecule has 0 bridgehead atoms. The van der Waals surface area contributed by atoms with Gasteiger partial charge in [0.1, 0.15) is 0 Å². The summed E-state index contributed by atoms with van der Waals surface area (Å²) in [6, 6.07) is 8.42. The lowest BCUT2D eigenvalue weighted by Crippen LogP contribution is -2.36. The van der Waals surface area contributed by atoms with E-state index in [2.05, 4.69) is 4.99 Å². The van der Waals surface area contributed by atoms with E-state index in [0.717, 1.165) is 12.5 Å². The first-order valence-corrected chi connectivity index (χ1v) is 7.93. The molecule has 0 aliphatic rings. The molecule has 1 aromatic rings. The monoisotopic (exact) mass is 251 g/mol. The molecule has 4 nitrogen and oxygen atoms in total. The second-order valence-corrected chi connectivity index (χ2v) is 7.50. The number of aliphatic imine (C=N–C) groups is 1. The summed E-state index contributed by atoms with van der Waals surface area (Å²) in [4.78, 5) is 13.6. The van der Waals surface area contributed by atoms with Gasteiger partial charge in [-0.25, -0.2) is 4.79 Å². The Morgan fingerprint density at radius 1 is 1.24 bits per heavy atom. The molecule has 0 aliphatic carbocycles. The van der Waals surface area contributed by atoms with Gasteiger partial charge in [-0.1, -0.05) is 12.1 Å². The van der Waals surface area contributed by atoms with Crippen molar-refractivity contribution in [2.45, 2.75) is 19.0 Å². The van der Waals surface area contributed by atoms with E-state index in [1.54, 1.807) is 26.4 Å². The minimum absolute atomic E-state index is 0.627. The van der Waals surface area contributed by atoms with Crippen molar-refractivity contribution in [3.8, 4) is 0 Å². The van der Waals surface area contributed by atoms with E-state index >= 15 is 0 Å². The first kappa shape index (κ1) is 13.8. The molecule has 0 fully saturated rings. The van der Waals surface area contributed by atoms with Crippen LogP contribution in [0.25, 0.3) is 0 Å². The van der Waals surface area contributed by atoms with Crippen LogP contribution in [0.15, 0.2) is 29.3 Å². The molecule has 92 valence electrons. The Kier molecular flexibility index (Phi) is 5.25. The molecule has 0 aromatic heterocycles. The van der Waals surface area contributed by atoms with Crippen molar-refractivity contribution >= 4 is 20.3 Å². The molecule has 5 heteroatoms. The zero-order chi connectivity index (χ0) is 12.7. The second kappa shape index (κ2) is 6.47. The van der Waals surface area contributed by atoms with Gasteiger partial charge in [-0.3, -0.25) is 0 Å². The van der Waals surface area contributed by atoms with Crippen LogP contribution in [0.2, 0.25) is 12.6 Å².